The number of guanidine groups is 1. The van der Waals surface area contributed by atoms with Gasteiger partial charge in [0.25, 0.3) is 0 Å². The van der Waals surface area contributed by atoms with Gasteiger partial charge in [0.2, 0.25) is 0 Å². The molecule has 1 aromatic carbocycles. The van der Waals surface area contributed by atoms with Crippen molar-refractivity contribution in [3.05, 3.63) is 34.9 Å². The molecule has 0 spiro atoms. The number of hydrogen-bond acceptors (Lipinski definition) is 2. The van der Waals surface area contributed by atoms with E-state index in [0.29, 0.717) is 6.04 Å². The minimum atomic E-state index is 0. The first-order valence-corrected chi connectivity index (χ1v) is 8.75. The van der Waals surface area contributed by atoms with Crippen LogP contribution in [0.2, 0.25) is 5.02 Å². The number of halogens is 2. The van der Waals surface area contributed by atoms with E-state index in [1.807, 2.05) is 19.2 Å². The maximum absolute atomic E-state index is 6.13. The third kappa shape index (κ3) is 6.08. The zero-order valence-corrected chi connectivity index (χ0v) is 18.2. The first kappa shape index (κ1) is 21.5. The summed E-state index contributed by atoms with van der Waals surface area (Å²) in [7, 11) is 3.96. The van der Waals surface area contributed by atoms with Gasteiger partial charge in [-0.05, 0) is 51.4 Å². The molecule has 1 aliphatic rings. The standard InChI is InChI=1S/C18H29ClN4.HI/c1-14(2)23(4)11-10-21-17(20-3)22-13-18(8-9-18)15-6-5-7-16(19)12-15;/h5-7,12,14H,8-11,13H2,1-4H3,(H2,20,21,22);1H. The maximum Gasteiger partial charge on any atom is 0.191 e. The van der Waals surface area contributed by atoms with Crippen LogP contribution in [0.3, 0.4) is 0 Å². The number of aliphatic imine (C=N–C) groups is 1. The summed E-state index contributed by atoms with van der Waals surface area (Å²) in [4.78, 5) is 6.64. The van der Waals surface area contributed by atoms with Gasteiger partial charge >= 0.3 is 0 Å². The summed E-state index contributed by atoms with van der Waals surface area (Å²) in [5.74, 6) is 0.871. The van der Waals surface area contributed by atoms with Crippen LogP contribution in [-0.2, 0) is 5.41 Å². The molecule has 0 saturated heterocycles. The molecule has 0 heterocycles. The van der Waals surface area contributed by atoms with Crippen molar-refractivity contribution in [2.75, 3.05) is 33.7 Å². The van der Waals surface area contributed by atoms with Gasteiger partial charge in [-0.3, -0.25) is 4.99 Å². The smallest absolute Gasteiger partial charge is 0.191 e. The summed E-state index contributed by atoms with van der Waals surface area (Å²) >= 11 is 6.13. The predicted molar refractivity (Wildman–Crippen MR) is 115 cm³/mol. The van der Waals surface area contributed by atoms with Crippen LogP contribution < -0.4 is 10.6 Å². The first-order chi connectivity index (χ1) is 11.0. The van der Waals surface area contributed by atoms with Crippen LogP contribution in [0.5, 0.6) is 0 Å². The molecule has 0 aliphatic heterocycles. The second-order valence-corrected chi connectivity index (χ2v) is 7.15. The lowest BCUT2D eigenvalue weighted by molar-refractivity contribution is 0.278. The number of likely N-dealkylation sites (N-methyl/N-ethyl adjacent to an activating group) is 1. The van der Waals surface area contributed by atoms with E-state index >= 15 is 0 Å². The Morgan fingerprint density at radius 3 is 2.58 bits per heavy atom. The summed E-state index contributed by atoms with van der Waals surface area (Å²) < 4.78 is 0. The van der Waals surface area contributed by atoms with E-state index in [4.69, 9.17) is 11.6 Å². The van der Waals surface area contributed by atoms with Crippen molar-refractivity contribution >= 4 is 41.5 Å². The minimum Gasteiger partial charge on any atom is -0.356 e. The average Bonchev–Trinajstić information content (AvgIpc) is 3.31. The minimum absolute atomic E-state index is 0. The van der Waals surface area contributed by atoms with Crippen LogP contribution in [0.4, 0.5) is 0 Å². The van der Waals surface area contributed by atoms with E-state index in [-0.39, 0.29) is 29.4 Å². The van der Waals surface area contributed by atoms with Crippen molar-refractivity contribution < 1.29 is 0 Å². The van der Waals surface area contributed by atoms with E-state index in [9.17, 15) is 0 Å². The summed E-state index contributed by atoms with van der Waals surface area (Å²) in [6, 6.07) is 8.79. The number of nitrogens with one attached hydrogen (secondary N) is 2. The Kier molecular flexibility index (Phi) is 8.81. The molecule has 0 unspecified atom stereocenters. The quantitative estimate of drug-likeness (QED) is 0.369. The van der Waals surface area contributed by atoms with Crippen molar-refractivity contribution in [3.63, 3.8) is 0 Å². The van der Waals surface area contributed by atoms with E-state index < -0.39 is 0 Å². The van der Waals surface area contributed by atoms with Crippen molar-refractivity contribution in [2.24, 2.45) is 4.99 Å². The molecule has 0 atom stereocenters. The van der Waals surface area contributed by atoms with Gasteiger partial charge in [-0.25, -0.2) is 0 Å². The maximum atomic E-state index is 6.13. The highest BCUT2D eigenvalue weighted by molar-refractivity contribution is 14.0. The van der Waals surface area contributed by atoms with Gasteiger partial charge < -0.3 is 15.5 Å². The van der Waals surface area contributed by atoms with E-state index in [2.05, 4.69) is 53.6 Å². The number of benzene rings is 1. The van der Waals surface area contributed by atoms with Crippen molar-refractivity contribution in [1.82, 2.24) is 15.5 Å². The zero-order valence-electron chi connectivity index (χ0n) is 15.1. The largest absolute Gasteiger partial charge is 0.356 e. The lowest BCUT2D eigenvalue weighted by atomic mass is 9.96. The monoisotopic (exact) mass is 464 g/mol. The molecule has 0 radical (unpaired) electrons. The Morgan fingerprint density at radius 1 is 1.33 bits per heavy atom. The normalized spacial score (nSPS) is 16.0. The fourth-order valence-electron chi connectivity index (χ4n) is 2.62. The second kappa shape index (κ2) is 9.82. The molecule has 1 aromatic rings. The molecule has 1 saturated carbocycles. The molecule has 0 aromatic heterocycles. The SMILES string of the molecule is CN=C(NCCN(C)C(C)C)NCC1(c2cccc(Cl)c2)CC1.I. The topological polar surface area (TPSA) is 39.7 Å². The molecular weight excluding hydrogens is 435 g/mol. The fraction of sp³-hybridized carbons (Fsp3) is 0.611. The van der Waals surface area contributed by atoms with Gasteiger partial charge in [0, 0.05) is 43.2 Å². The number of hydrogen-bond donors (Lipinski definition) is 2. The van der Waals surface area contributed by atoms with Crippen LogP contribution in [0, 0.1) is 0 Å². The summed E-state index contributed by atoms with van der Waals surface area (Å²) in [6.07, 6.45) is 2.40. The number of rotatable bonds is 7. The van der Waals surface area contributed by atoms with Crippen LogP contribution in [0.1, 0.15) is 32.3 Å². The third-order valence-electron chi connectivity index (χ3n) is 4.75. The molecule has 1 aliphatic carbocycles. The van der Waals surface area contributed by atoms with Gasteiger partial charge in [0.1, 0.15) is 0 Å². The average molecular weight is 465 g/mol. The molecule has 0 bridgehead atoms. The van der Waals surface area contributed by atoms with Crippen LogP contribution in [0.15, 0.2) is 29.3 Å². The molecular formula is C18H30ClIN4. The summed E-state index contributed by atoms with van der Waals surface area (Å²) in [6.45, 7) is 7.19. The molecule has 6 heteroatoms. The van der Waals surface area contributed by atoms with Gasteiger partial charge in [0.05, 0.1) is 0 Å². The lowest BCUT2D eigenvalue weighted by Crippen LogP contribution is -2.44. The molecule has 0 amide bonds. The summed E-state index contributed by atoms with van der Waals surface area (Å²) in [5, 5.41) is 7.67. The number of nitrogens with zero attached hydrogens (tertiary/aromatic N) is 2. The Hall–Kier alpha value is -0.530. The van der Waals surface area contributed by atoms with E-state index in [1.165, 1.54) is 18.4 Å². The van der Waals surface area contributed by atoms with E-state index in [0.717, 1.165) is 30.6 Å². The highest BCUT2D eigenvalue weighted by atomic mass is 127. The second-order valence-electron chi connectivity index (χ2n) is 6.72. The molecule has 4 nitrogen and oxygen atoms in total. The molecule has 2 N–H and O–H groups in total. The van der Waals surface area contributed by atoms with Crippen molar-refractivity contribution in [2.45, 2.75) is 38.1 Å². The summed E-state index contributed by atoms with van der Waals surface area (Å²) in [5.41, 5.74) is 1.55. The first-order valence-electron chi connectivity index (χ1n) is 8.38. The van der Waals surface area contributed by atoms with Crippen LogP contribution in [-0.4, -0.2) is 50.6 Å². The predicted octanol–water partition coefficient (Wildman–Crippen LogP) is 3.49. The van der Waals surface area contributed by atoms with Gasteiger partial charge in [0.15, 0.2) is 5.96 Å². The highest BCUT2D eigenvalue weighted by Gasteiger charge is 2.44. The van der Waals surface area contributed by atoms with Gasteiger partial charge in [-0.1, -0.05) is 23.7 Å². The van der Waals surface area contributed by atoms with Crippen molar-refractivity contribution in [1.29, 1.82) is 0 Å². The van der Waals surface area contributed by atoms with E-state index in [1.54, 1.807) is 0 Å². The van der Waals surface area contributed by atoms with Crippen LogP contribution >= 0.6 is 35.6 Å². The molecule has 136 valence electrons. The van der Waals surface area contributed by atoms with Gasteiger partial charge in [-0.2, -0.15) is 0 Å². The zero-order chi connectivity index (χ0) is 16.9. The van der Waals surface area contributed by atoms with Gasteiger partial charge in [-0.15, -0.1) is 24.0 Å². The highest BCUT2D eigenvalue weighted by Crippen LogP contribution is 2.48. The molecule has 1 fully saturated rings. The fourth-order valence-corrected chi connectivity index (χ4v) is 2.81. The van der Waals surface area contributed by atoms with Crippen LogP contribution in [0.25, 0.3) is 0 Å². The Morgan fingerprint density at radius 2 is 2.04 bits per heavy atom. The third-order valence-corrected chi connectivity index (χ3v) is 4.98. The molecule has 2 rings (SSSR count). The Labute approximate surface area is 168 Å². The lowest BCUT2D eigenvalue weighted by Gasteiger charge is -2.23. The Balaban J connectivity index is 0.00000288. The molecule has 24 heavy (non-hydrogen) atoms. The Bertz CT molecular complexity index is 544. The van der Waals surface area contributed by atoms with Crippen molar-refractivity contribution in [3.8, 4) is 0 Å².